The van der Waals surface area contributed by atoms with E-state index in [1.165, 1.54) is 0 Å². The van der Waals surface area contributed by atoms with Crippen LogP contribution in [0.25, 0.3) is 0 Å². The number of allylic oxidation sites excluding steroid dienone is 1. The van der Waals surface area contributed by atoms with E-state index in [1.54, 1.807) is 0 Å². The first kappa shape index (κ1) is 12.8. The maximum atomic E-state index is 5.66. The molecule has 1 rings (SSSR count). The van der Waals surface area contributed by atoms with E-state index in [0.717, 1.165) is 24.5 Å². The average Bonchev–Trinajstić information content (AvgIpc) is 2.26. The minimum atomic E-state index is -0.302. The summed E-state index contributed by atoms with van der Waals surface area (Å²) in [6, 6.07) is 7.52. The standard InChI is InChI=1S/C13H20NOSi/c1-4-13(16(2)3)9-10-15-12-7-5-11(14)6-8-12/h4-8,13H,1,9-10,14H2,2-3H3. The molecule has 0 aliphatic rings. The summed E-state index contributed by atoms with van der Waals surface area (Å²) in [5.74, 6) is 0.887. The van der Waals surface area contributed by atoms with E-state index in [4.69, 9.17) is 10.5 Å². The average molecular weight is 234 g/mol. The fourth-order valence-corrected chi connectivity index (χ4v) is 2.68. The van der Waals surface area contributed by atoms with Crippen LogP contribution in [0.2, 0.25) is 18.6 Å². The van der Waals surface area contributed by atoms with Crippen molar-refractivity contribution in [3.05, 3.63) is 36.9 Å². The summed E-state index contributed by atoms with van der Waals surface area (Å²) in [7, 11) is -0.302. The lowest BCUT2D eigenvalue weighted by atomic mass is 10.3. The number of nitrogens with two attached hydrogens (primary N) is 1. The Kier molecular flexibility index (Phi) is 5.12. The molecule has 0 aliphatic heterocycles. The predicted octanol–water partition coefficient (Wildman–Crippen LogP) is 3.35. The molecule has 16 heavy (non-hydrogen) atoms. The number of rotatable bonds is 6. The second-order valence-electron chi connectivity index (χ2n) is 4.13. The van der Waals surface area contributed by atoms with Gasteiger partial charge in [-0.05, 0) is 36.2 Å². The van der Waals surface area contributed by atoms with Crippen molar-refractivity contribution in [1.29, 1.82) is 0 Å². The van der Waals surface area contributed by atoms with Crippen LogP contribution in [0.4, 0.5) is 5.69 Å². The second-order valence-corrected chi connectivity index (χ2v) is 7.02. The minimum Gasteiger partial charge on any atom is -0.494 e. The molecule has 1 atom stereocenters. The van der Waals surface area contributed by atoms with Gasteiger partial charge in [-0.1, -0.05) is 19.2 Å². The van der Waals surface area contributed by atoms with Crippen molar-refractivity contribution in [2.24, 2.45) is 0 Å². The number of hydrogen-bond acceptors (Lipinski definition) is 2. The molecule has 0 aliphatic carbocycles. The van der Waals surface area contributed by atoms with Crippen LogP contribution >= 0.6 is 0 Å². The van der Waals surface area contributed by atoms with Gasteiger partial charge in [-0.25, -0.2) is 0 Å². The van der Waals surface area contributed by atoms with E-state index in [1.807, 2.05) is 24.3 Å². The third-order valence-corrected chi connectivity index (χ3v) is 4.61. The summed E-state index contributed by atoms with van der Waals surface area (Å²) >= 11 is 0. The Morgan fingerprint density at radius 3 is 2.50 bits per heavy atom. The van der Waals surface area contributed by atoms with E-state index in [2.05, 4.69) is 25.7 Å². The highest BCUT2D eigenvalue weighted by molar-refractivity contribution is 6.58. The molecule has 1 aromatic carbocycles. The molecule has 0 spiro atoms. The first-order valence-corrected chi connectivity index (χ1v) is 8.12. The first-order chi connectivity index (χ1) is 7.63. The topological polar surface area (TPSA) is 35.2 Å². The van der Waals surface area contributed by atoms with Gasteiger partial charge in [0, 0.05) is 14.5 Å². The largest absolute Gasteiger partial charge is 0.494 e. The van der Waals surface area contributed by atoms with Crippen LogP contribution in [-0.4, -0.2) is 15.4 Å². The molecule has 0 bridgehead atoms. The summed E-state index contributed by atoms with van der Waals surface area (Å²) in [5.41, 5.74) is 6.99. The van der Waals surface area contributed by atoms with E-state index < -0.39 is 0 Å². The van der Waals surface area contributed by atoms with Gasteiger partial charge in [-0.3, -0.25) is 0 Å². The zero-order valence-electron chi connectivity index (χ0n) is 10.1. The van der Waals surface area contributed by atoms with Gasteiger partial charge in [0.2, 0.25) is 0 Å². The van der Waals surface area contributed by atoms with Gasteiger partial charge < -0.3 is 10.5 Å². The van der Waals surface area contributed by atoms with Gasteiger partial charge in [-0.2, -0.15) is 0 Å². The Balaban J connectivity index is 2.35. The second kappa shape index (κ2) is 6.38. The first-order valence-electron chi connectivity index (χ1n) is 5.54. The summed E-state index contributed by atoms with van der Waals surface area (Å²) in [6.45, 7) is 9.23. The molecule has 0 fully saturated rings. The smallest absolute Gasteiger partial charge is 0.119 e. The molecule has 0 amide bonds. The number of hydrogen-bond donors (Lipinski definition) is 1. The number of nitrogen functional groups attached to an aromatic ring is 1. The third-order valence-electron chi connectivity index (χ3n) is 2.60. The molecule has 1 radical (unpaired) electrons. The number of ether oxygens (including phenoxy) is 1. The molecule has 1 unspecified atom stereocenters. The molecular formula is C13H20NOSi. The zero-order chi connectivity index (χ0) is 12.0. The SMILES string of the molecule is C=CC(CCOc1ccc(N)cc1)[Si](C)C. The monoisotopic (exact) mass is 234 g/mol. The highest BCUT2D eigenvalue weighted by Crippen LogP contribution is 2.18. The molecule has 0 saturated carbocycles. The van der Waals surface area contributed by atoms with Crippen LogP contribution < -0.4 is 10.5 Å². The molecule has 87 valence electrons. The summed E-state index contributed by atoms with van der Waals surface area (Å²) in [4.78, 5) is 0. The Hall–Kier alpha value is -1.22. The highest BCUT2D eigenvalue weighted by Gasteiger charge is 2.10. The van der Waals surface area contributed by atoms with Crippen LogP contribution in [0.5, 0.6) is 5.75 Å². The van der Waals surface area contributed by atoms with E-state index in [0.29, 0.717) is 5.54 Å². The lowest BCUT2D eigenvalue weighted by molar-refractivity contribution is 0.311. The van der Waals surface area contributed by atoms with Crippen molar-refractivity contribution in [2.75, 3.05) is 12.3 Å². The van der Waals surface area contributed by atoms with Gasteiger partial charge in [0.15, 0.2) is 0 Å². The predicted molar refractivity (Wildman–Crippen MR) is 72.4 cm³/mol. The van der Waals surface area contributed by atoms with Gasteiger partial charge in [0.05, 0.1) is 6.61 Å². The van der Waals surface area contributed by atoms with Crippen molar-refractivity contribution in [2.45, 2.75) is 25.1 Å². The Labute approximate surface area is 99.7 Å². The Morgan fingerprint density at radius 1 is 1.38 bits per heavy atom. The fraction of sp³-hybridized carbons (Fsp3) is 0.385. The highest BCUT2D eigenvalue weighted by atomic mass is 28.3. The Morgan fingerprint density at radius 2 is 2.00 bits per heavy atom. The Bertz CT molecular complexity index is 321. The third kappa shape index (κ3) is 4.11. The van der Waals surface area contributed by atoms with Crippen LogP contribution in [-0.2, 0) is 0 Å². The van der Waals surface area contributed by atoms with Crippen molar-refractivity contribution >= 4 is 14.5 Å². The lowest BCUT2D eigenvalue weighted by Crippen LogP contribution is -2.13. The summed E-state index contributed by atoms with van der Waals surface area (Å²) < 4.78 is 5.66. The summed E-state index contributed by atoms with van der Waals surface area (Å²) in [5, 5.41) is 0. The van der Waals surface area contributed by atoms with E-state index >= 15 is 0 Å². The van der Waals surface area contributed by atoms with Gasteiger partial charge in [0.1, 0.15) is 5.75 Å². The van der Waals surface area contributed by atoms with Gasteiger partial charge >= 0.3 is 0 Å². The molecule has 0 saturated heterocycles. The lowest BCUT2D eigenvalue weighted by Gasteiger charge is -2.15. The maximum Gasteiger partial charge on any atom is 0.119 e. The number of anilines is 1. The molecule has 2 nitrogen and oxygen atoms in total. The normalized spacial score (nSPS) is 12.4. The quantitative estimate of drug-likeness (QED) is 0.465. The molecule has 3 heteroatoms. The van der Waals surface area contributed by atoms with Crippen LogP contribution in [0.3, 0.4) is 0 Å². The van der Waals surface area contributed by atoms with Crippen LogP contribution in [0, 0.1) is 0 Å². The number of benzene rings is 1. The van der Waals surface area contributed by atoms with Crippen molar-refractivity contribution in [1.82, 2.24) is 0 Å². The van der Waals surface area contributed by atoms with Crippen LogP contribution in [0.1, 0.15) is 6.42 Å². The van der Waals surface area contributed by atoms with Crippen molar-refractivity contribution < 1.29 is 4.74 Å². The minimum absolute atomic E-state index is 0.302. The zero-order valence-corrected chi connectivity index (χ0v) is 11.1. The molecule has 0 aromatic heterocycles. The maximum absolute atomic E-state index is 5.66. The molecular weight excluding hydrogens is 214 g/mol. The van der Waals surface area contributed by atoms with E-state index in [9.17, 15) is 0 Å². The van der Waals surface area contributed by atoms with Gasteiger partial charge in [0.25, 0.3) is 0 Å². The van der Waals surface area contributed by atoms with Crippen molar-refractivity contribution in [3.63, 3.8) is 0 Å². The molecule has 0 heterocycles. The van der Waals surface area contributed by atoms with Gasteiger partial charge in [-0.15, -0.1) is 6.58 Å². The fourth-order valence-electron chi connectivity index (χ4n) is 1.51. The van der Waals surface area contributed by atoms with E-state index in [-0.39, 0.29) is 8.80 Å². The molecule has 2 N–H and O–H groups in total. The molecule has 1 aromatic rings. The van der Waals surface area contributed by atoms with Crippen LogP contribution in [0.15, 0.2) is 36.9 Å². The van der Waals surface area contributed by atoms with Crippen molar-refractivity contribution in [3.8, 4) is 5.75 Å². The summed E-state index contributed by atoms with van der Waals surface area (Å²) in [6.07, 6.45) is 3.11.